The Bertz CT molecular complexity index is 1220. The lowest BCUT2D eigenvalue weighted by Crippen LogP contribution is -2.35. The summed E-state index contributed by atoms with van der Waals surface area (Å²) in [7, 11) is 0. The molecule has 0 heterocycles. The number of unbranched alkanes of at least 4 members (excludes halogenated alkanes) is 9. The molecule has 0 saturated carbocycles. The van der Waals surface area contributed by atoms with Crippen molar-refractivity contribution < 1.29 is 19.5 Å². The maximum atomic E-state index is 12.6. The molecule has 0 unspecified atom stereocenters. The molecule has 0 bridgehead atoms. The van der Waals surface area contributed by atoms with E-state index in [2.05, 4.69) is 12.2 Å². The maximum Gasteiger partial charge on any atom is 0.394 e. The second kappa shape index (κ2) is 17.7. The molecular formula is C35H44N2O4. The number of hydrogen-bond donors (Lipinski definition) is 2. The third kappa shape index (κ3) is 11.2. The molecule has 0 aromatic heterocycles. The Morgan fingerprint density at radius 1 is 0.659 bits per heavy atom. The van der Waals surface area contributed by atoms with Gasteiger partial charge >= 0.3 is 11.9 Å². The van der Waals surface area contributed by atoms with Gasteiger partial charge in [0, 0.05) is 25.2 Å². The predicted molar refractivity (Wildman–Crippen MR) is 164 cm³/mol. The Labute approximate surface area is 244 Å². The molecule has 2 N–H and O–H groups in total. The minimum absolute atomic E-state index is 0.122. The topological polar surface area (TPSA) is 86.7 Å². The Kier molecular flexibility index (Phi) is 13.6. The van der Waals surface area contributed by atoms with Crippen LogP contribution in [-0.4, -0.2) is 34.3 Å². The number of rotatable bonds is 17. The molecule has 6 heteroatoms. The number of benzene rings is 3. The average Bonchev–Trinajstić information content (AvgIpc) is 3.00. The molecule has 3 aromatic rings. The number of carbonyl (C=O) groups is 3. The summed E-state index contributed by atoms with van der Waals surface area (Å²) >= 11 is 0. The maximum absolute atomic E-state index is 12.6. The van der Waals surface area contributed by atoms with Crippen molar-refractivity contribution in [2.75, 3.05) is 6.54 Å². The normalized spacial score (nSPS) is 10.8. The van der Waals surface area contributed by atoms with Gasteiger partial charge in [-0.25, -0.2) is 4.79 Å². The van der Waals surface area contributed by atoms with Crippen molar-refractivity contribution in [2.45, 2.75) is 84.2 Å². The van der Waals surface area contributed by atoms with Gasteiger partial charge in [0.1, 0.15) is 0 Å². The molecule has 3 rings (SSSR count). The minimum atomic E-state index is -1.49. The van der Waals surface area contributed by atoms with Crippen LogP contribution in [0.15, 0.2) is 78.9 Å². The molecule has 0 aliphatic heterocycles. The molecular weight excluding hydrogens is 512 g/mol. The quantitative estimate of drug-likeness (QED) is 0.132. The van der Waals surface area contributed by atoms with Crippen molar-refractivity contribution >= 4 is 17.8 Å². The number of amides is 2. The SMILES string of the molecule is CCCCCCCCCCCCNC(=O)c1ccc(CN(Cc2cccc(-c3ccccc3)c2)C(=O)C(=O)O)cc1. The molecule has 0 spiro atoms. The molecule has 0 saturated heterocycles. The summed E-state index contributed by atoms with van der Waals surface area (Å²) < 4.78 is 0. The summed E-state index contributed by atoms with van der Waals surface area (Å²) in [5.41, 5.74) is 4.19. The fourth-order valence-electron chi connectivity index (χ4n) is 4.93. The van der Waals surface area contributed by atoms with Crippen LogP contribution < -0.4 is 5.32 Å². The first-order chi connectivity index (χ1) is 20.0. The molecule has 6 nitrogen and oxygen atoms in total. The Balaban J connectivity index is 1.47. The Hall–Kier alpha value is -3.93. The first-order valence-electron chi connectivity index (χ1n) is 15.0. The summed E-state index contributed by atoms with van der Waals surface area (Å²) in [5, 5.41) is 12.4. The van der Waals surface area contributed by atoms with E-state index in [1.54, 1.807) is 24.3 Å². The van der Waals surface area contributed by atoms with Crippen LogP contribution in [0.4, 0.5) is 0 Å². The first-order valence-corrected chi connectivity index (χ1v) is 15.0. The van der Waals surface area contributed by atoms with Gasteiger partial charge in [0.2, 0.25) is 0 Å². The number of carbonyl (C=O) groups excluding carboxylic acids is 2. The van der Waals surface area contributed by atoms with Crippen LogP contribution in [0.3, 0.4) is 0 Å². The van der Waals surface area contributed by atoms with Crippen molar-refractivity contribution in [3.05, 3.63) is 95.6 Å². The molecule has 0 fully saturated rings. The zero-order chi connectivity index (χ0) is 29.3. The van der Waals surface area contributed by atoms with Gasteiger partial charge in [-0.15, -0.1) is 0 Å². The number of nitrogens with zero attached hydrogens (tertiary/aromatic N) is 1. The van der Waals surface area contributed by atoms with E-state index in [9.17, 15) is 19.5 Å². The lowest BCUT2D eigenvalue weighted by atomic mass is 10.0. The number of nitrogens with one attached hydrogen (secondary N) is 1. The number of carboxylic acid groups (broad SMARTS) is 1. The molecule has 3 aromatic carbocycles. The number of aliphatic carboxylic acids is 1. The summed E-state index contributed by atoms with van der Waals surface area (Å²) in [6.07, 6.45) is 12.5. The van der Waals surface area contributed by atoms with Gasteiger partial charge < -0.3 is 15.3 Å². The molecule has 2 amide bonds. The van der Waals surface area contributed by atoms with Crippen LogP contribution in [0, 0.1) is 0 Å². The first kappa shape index (κ1) is 31.6. The van der Waals surface area contributed by atoms with Crippen molar-refractivity contribution in [1.82, 2.24) is 10.2 Å². The monoisotopic (exact) mass is 556 g/mol. The van der Waals surface area contributed by atoms with Crippen LogP contribution in [0.5, 0.6) is 0 Å². The van der Waals surface area contributed by atoms with E-state index in [1.807, 2.05) is 54.6 Å². The van der Waals surface area contributed by atoms with Gasteiger partial charge in [-0.2, -0.15) is 0 Å². The fourth-order valence-corrected chi connectivity index (χ4v) is 4.93. The van der Waals surface area contributed by atoms with Gasteiger partial charge in [0.05, 0.1) is 0 Å². The van der Waals surface area contributed by atoms with Crippen molar-refractivity contribution in [2.24, 2.45) is 0 Å². The van der Waals surface area contributed by atoms with Crippen molar-refractivity contribution in [3.63, 3.8) is 0 Å². The van der Waals surface area contributed by atoms with Crippen LogP contribution in [0.25, 0.3) is 11.1 Å². The standard InChI is InChI=1S/C35H44N2O4/c1-2-3-4-5-6-7-8-9-10-14-24-36-33(38)31-22-20-28(21-23-31)26-37(34(39)35(40)41)27-29-16-15-19-32(25-29)30-17-12-11-13-18-30/h11-13,15-23,25H,2-10,14,24,26-27H2,1H3,(H,36,38)(H,40,41). The predicted octanol–water partition coefficient (Wildman–Crippen LogP) is 7.62. The van der Waals surface area contributed by atoms with Gasteiger partial charge in [-0.3, -0.25) is 9.59 Å². The van der Waals surface area contributed by atoms with Gasteiger partial charge in [-0.1, -0.05) is 125 Å². The van der Waals surface area contributed by atoms with E-state index < -0.39 is 11.9 Å². The molecule has 41 heavy (non-hydrogen) atoms. The highest BCUT2D eigenvalue weighted by Crippen LogP contribution is 2.21. The second-order valence-electron chi connectivity index (χ2n) is 10.7. The Morgan fingerprint density at radius 3 is 1.88 bits per heavy atom. The lowest BCUT2D eigenvalue weighted by molar-refractivity contribution is -0.156. The van der Waals surface area contributed by atoms with Gasteiger partial charge in [-0.05, 0) is 46.9 Å². The summed E-state index contributed by atoms with van der Waals surface area (Å²) in [6, 6.07) is 24.6. The van der Waals surface area contributed by atoms with E-state index in [1.165, 1.54) is 56.3 Å². The molecule has 0 radical (unpaired) electrons. The van der Waals surface area contributed by atoms with Crippen LogP contribution in [-0.2, 0) is 22.7 Å². The zero-order valence-electron chi connectivity index (χ0n) is 24.3. The fraction of sp³-hybridized carbons (Fsp3) is 0.400. The summed E-state index contributed by atoms with van der Waals surface area (Å²) in [4.78, 5) is 38.0. The van der Waals surface area contributed by atoms with Gasteiger partial charge in [0.15, 0.2) is 0 Å². The van der Waals surface area contributed by atoms with Crippen LogP contribution in [0.2, 0.25) is 0 Å². The summed E-state index contributed by atoms with van der Waals surface area (Å²) in [5.74, 6) is -2.58. The molecule has 0 aliphatic carbocycles. The van der Waals surface area contributed by atoms with E-state index in [-0.39, 0.29) is 19.0 Å². The van der Waals surface area contributed by atoms with Crippen LogP contribution in [0.1, 0.15) is 92.6 Å². The Morgan fingerprint density at radius 2 is 1.24 bits per heavy atom. The van der Waals surface area contributed by atoms with Crippen LogP contribution >= 0.6 is 0 Å². The van der Waals surface area contributed by atoms with E-state index in [4.69, 9.17) is 0 Å². The summed E-state index contributed by atoms with van der Waals surface area (Å²) in [6.45, 7) is 3.18. The van der Waals surface area contributed by atoms with E-state index in [0.717, 1.165) is 35.1 Å². The largest absolute Gasteiger partial charge is 0.474 e. The molecule has 0 atom stereocenters. The smallest absolute Gasteiger partial charge is 0.394 e. The highest BCUT2D eigenvalue weighted by atomic mass is 16.4. The lowest BCUT2D eigenvalue weighted by Gasteiger charge is -2.21. The molecule has 218 valence electrons. The molecule has 0 aliphatic rings. The van der Waals surface area contributed by atoms with E-state index >= 15 is 0 Å². The minimum Gasteiger partial charge on any atom is -0.474 e. The third-order valence-electron chi connectivity index (χ3n) is 7.28. The average molecular weight is 557 g/mol. The third-order valence-corrected chi connectivity index (χ3v) is 7.28. The van der Waals surface area contributed by atoms with Crippen molar-refractivity contribution in [1.29, 1.82) is 0 Å². The van der Waals surface area contributed by atoms with Gasteiger partial charge in [0.25, 0.3) is 5.91 Å². The number of carboxylic acids is 1. The second-order valence-corrected chi connectivity index (χ2v) is 10.7. The zero-order valence-corrected chi connectivity index (χ0v) is 24.3. The van der Waals surface area contributed by atoms with Crippen molar-refractivity contribution in [3.8, 4) is 11.1 Å². The van der Waals surface area contributed by atoms with E-state index in [0.29, 0.717) is 12.1 Å². The highest BCUT2D eigenvalue weighted by Gasteiger charge is 2.22. The number of hydrogen-bond acceptors (Lipinski definition) is 3. The highest BCUT2D eigenvalue weighted by molar-refractivity contribution is 6.31.